The molecular weight excluding hydrogens is 204 g/mol. The smallest absolute Gasteiger partial charge is 0.240 e. The second-order valence-corrected chi connectivity index (χ2v) is 3.99. The van der Waals surface area contributed by atoms with Crippen LogP contribution in [0, 0.1) is 16.7 Å². The summed E-state index contributed by atoms with van der Waals surface area (Å²) in [5.74, 6) is -0.208. The normalized spacial score (nSPS) is 12.9. The van der Waals surface area contributed by atoms with Gasteiger partial charge in [0.2, 0.25) is 5.91 Å². The lowest BCUT2D eigenvalue weighted by Crippen LogP contribution is -2.44. The van der Waals surface area contributed by atoms with E-state index >= 15 is 0 Å². The molecular formula is C12H22N2O2. The molecule has 0 aliphatic heterocycles. The summed E-state index contributed by atoms with van der Waals surface area (Å²) in [6, 6.07) is 2.07. The maximum atomic E-state index is 12.0. The highest BCUT2D eigenvalue weighted by molar-refractivity contribution is 5.85. The van der Waals surface area contributed by atoms with E-state index in [1.807, 2.05) is 20.8 Å². The Labute approximate surface area is 97.7 Å². The van der Waals surface area contributed by atoms with Gasteiger partial charge in [-0.1, -0.05) is 20.8 Å². The predicted octanol–water partition coefficient (Wildman–Crippen LogP) is 1.59. The van der Waals surface area contributed by atoms with Gasteiger partial charge in [-0.2, -0.15) is 5.26 Å². The van der Waals surface area contributed by atoms with Gasteiger partial charge in [-0.15, -0.1) is 0 Å². The van der Waals surface area contributed by atoms with E-state index in [0.717, 1.165) is 6.42 Å². The van der Waals surface area contributed by atoms with E-state index < -0.39 is 5.41 Å². The molecule has 0 aromatic carbocycles. The first-order valence-corrected chi connectivity index (χ1v) is 5.93. The first kappa shape index (κ1) is 14.9. The molecule has 4 heteroatoms. The van der Waals surface area contributed by atoms with Gasteiger partial charge in [-0.05, 0) is 25.7 Å². The SMILES string of the molecule is CCC(CCO)NC(=O)C(C#N)(CC)CC. The minimum Gasteiger partial charge on any atom is -0.396 e. The van der Waals surface area contributed by atoms with Crippen LogP contribution in [0.5, 0.6) is 0 Å². The Morgan fingerprint density at radius 1 is 1.44 bits per heavy atom. The van der Waals surface area contributed by atoms with E-state index in [0.29, 0.717) is 19.3 Å². The summed E-state index contributed by atoms with van der Waals surface area (Å²) in [6.07, 6.45) is 2.33. The van der Waals surface area contributed by atoms with Crippen LogP contribution in [0.25, 0.3) is 0 Å². The van der Waals surface area contributed by atoms with E-state index in [9.17, 15) is 4.79 Å². The molecule has 0 bridgehead atoms. The fourth-order valence-electron chi connectivity index (χ4n) is 1.64. The zero-order chi connectivity index (χ0) is 12.6. The summed E-state index contributed by atoms with van der Waals surface area (Å²) < 4.78 is 0. The average Bonchev–Trinajstić information content (AvgIpc) is 2.31. The van der Waals surface area contributed by atoms with Crippen molar-refractivity contribution in [1.29, 1.82) is 5.26 Å². The number of carbonyl (C=O) groups is 1. The van der Waals surface area contributed by atoms with Gasteiger partial charge in [0.1, 0.15) is 5.41 Å². The van der Waals surface area contributed by atoms with Crippen LogP contribution in [0.3, 0.4) is 0 Å². The maximum Gasteiger partial charge on any atom is 0.240 e. The molecule has 0 rings (SSSR count). The zero-order valence-corrected chi connectivity index (χ0v) is 10.4. The van der Waals surface area contributed by atoms with Crippen molar-refractivity contribution >= 4 is 5.91 Å². The number of aliphatic hydroxyl groups is 1. The van der Waals surface area contributed by atoms with Gasteiger partial charge in [0.15, 0.2) is 0 Å². The largest absolute Gasteiger partial charge is 0.396 e. The Hall–Kier alpha value is -1.08. The molecule has 1 amide bonds. The number of nitriles is 1. The molecule has 92 valence electrons. The summed E-state index contributed by atoms with van der Waals surface area (Å²) in [4.78, 5) is 12.0. The first-order chi connectivity index (χ1) is 7.60. The summed E-state index contributed by atoms with van der Waals surface area (Å²) in [5.41, 5.74) is -0.914. The van der Waals surface area contributed by atoms with Gasteiger partial charge in [0.25, 0.3) is 0 Å². The van der Waals surface area contributed by atoms with E-state index in [4.69, 9.17) is 10.4 Å². The maximum absolute atomic E-state index is 12.0. The van der Waals surface area contributed by atoms with Crippen molar-refractivity contribution < 1.29 is 9.90 Å². The lowest BCUT2D eigenvalue weighted by Gasteiger charge is -2.25. The van der Waals surface area contributed by atoms with E-state index in [2.05, 4.69) is 11.4 Å². The third-order valence-corrected chi connectivity index (χ3v) is 3.16. The number of rotatable bonds is 7. The molecule has 0 aromatic rings. The summed E-state index contributed by atoms with van der Waals surface area (Å²) in [6.45, 7) is 5.70. The van der Waals surface area contributed by atoms with Gasteiger partial charge in [0.05, 0.1) is 6.07 Å². The molecule has 0 aliphatic carbocycles. The van der Waals surface area contributed by atoms with Crippen molar-refractivity contribution in [1.82, 2.24) is 5.32 Å². The molecule has 0 aliphatic rings. The highest BCUT2D eigenvalue weighted by Crippen LogP contribution is 2.25. The second kappa shape index (κ2) is 7.24. The number of nitrogens with zero attached hydrogens (tertiary/aromatic N) is 1. The highest BCUT2D eigenvalue weighted by atomic mass is 16.3. The standard InChI is InChI=1S/C12H22N2O2/c1-4-10(7-8-15)14-11(16)12(5-2,6-3)9-13/h10,15H,4-8H2,1-3H3,(H,14,16). The quantitative estimate of drug-likeness (QED) is 0.692. The number of amides is 1. The molecule has 16 heavy (non-hydrogen) atoms. The third kappa shape index (κ3) is 3.49. The highest BCUT2D eigenvalue weighted by Gasteiger charge is 2.35. The molecule has 0 heterocycles. The van der Waals surface area contributed by atoms with Crippen molar-refractivity contribution in [3.05, 3.63) is 0 Å². The molecule has 0 aromatic heterocycles. The van der Waals surface area contributed by atoms with Crippen LogP contribution in [-0.2, 0) is 4.79 Å². The number of nitrogens with one attached hydrogen (secondary N) is 1. The Kier molecular flexibility index (Phi) is 6.75. The Balaban J connectivity index is 4.59. The molecule has 0 fully saturated rings. The van der Waals surface area contributed by atoms with E-state index in [1.54, 1.807) is 0 Å². The van der Waals surface area contributed by atoms with Gasteiger partial charge in [-0.3, -0.25) is 4.79 Å². The fraction of sp³-hybridized carbons (Fsp3) is 0.833. The van der Waals surface area contributed by atoms with Crippen LogP contribution in [0.4, 0.5) is 0 Å². The van der Waals surface area contributed by atoms with Crippen LogP contribution >= 0.6 is 0 Å². The molecule has 2 N–H and O–H groups in total. The van der Waals surface area contributed by atoms with E-state index in [-0.39, 0.29) is 18.6 Å². The van der Waals surface area contributed by atoms with Gasteiger partial charge in [0, 0.05) is 12.6 Å². The summed E-state index contributed by atoms with van der Waals surface area (Å²) >= 11 is 0. The third-order valence-electron chi connectivity index (χ3n) is 3.16. The number of aliphatic hydroxyl groups excluding tert-OH is 1. The van der Waals surface area contributed by atoms with Crippen molar-refractivity contribution in [3.63, 3.8) is 0 Å². The number of hydrogen-bond donors (Lipinski definition) is 2. The zero-order valence-electron chi connectivity index (χ0n) is 10.4. The predicted molar refractivity (Wildman–Crippen MR) is 62.6 cm³/mol. The molecule has 1 atom stereocenters. The monoisotopic (exact) mass is 226 g/mol. The lowest BCUT2D eigenvalue weighted by molar-refractivity contribution is -0.129. The fourth-order valence-corrected chi connectivity index (χ4v) is 1.64. The van der Waals surface area contributed by atoms with Crippen LogP contribution < -0.4 is 5.32 Å². The van der Waals surface area contributed by atoms with E-state index in [1.165, 1.54) is 0 Å². The summed E-state index contributed by atoms with van der Waals surface area (Å²) in [5, 5.41) is 20.8. The average molecular weight is 226 g/mol. The lowest BCUT2D eigenvalue weighted by atomic mass is 9.82. The minimum atomic E-state index is -0.914. The molecule has 0 spiro atoms. The van der Waals surface area contributed by atoms with Crippen molar-refractivity contribution in [2.75, 3.05) is 6.61 Å². The second-order valence-electron chi connectivity index (χ2n) is 3.99. The van der Waals surface area contributed by atoms with Crippen LogP contribution in [0.2, 0.25) is 0 Å². The Morgan fingerprint density at radius 2 is 2.00 bits per heavy atom. The van der Waals surface area contributed by atoms with Crippen LogP contribution in [0.1, 0.15) is 46.5 Å². The van der Waals surface area contributed by atoms with Crippen molar-refractivity contribution in [2.45, 2.75) is 52.5 Å². The number of carbonyl (C=O) groups excluding carboxylic acids is 1. The van der Waals surface area contributed by atoms with Crippen molar-refractivity contribution in [2.24, 2.45) is 5.41 Å². The Morgan fingerprint density at radius 3 is 2.31 bits per heavy atom. The molecule has 0 saturated heterocycles. The molecule has 4 nitrogen and oxygen atoms in total. The van der Waals surface area contributed by atoms with Gasteiger partial charge in [-0.25, -0.2) is 0 Å². The van der Waals surface area contributed by atoms with Gasteiger partial charge >= 0.3 is 0 Å². The Bertz CT molecular complexity index is 254. The first-order valence-electron chi connectivity index (χ1n) is 5.93. The molecule has 0 radical (unpaired) electrons. The van der Waals surface area contributed by atoms with Crippen LogP contribution in [0.15, 0.2) is 0 Å². The molecule has 1 unspecified atom stereocenters. The molecule has 0 saturated carbocycles. The minimum absolute atomic E-state index is 0.0386. The van der Waals surface area contributed by atoms with Crippen molar-refractivity contribution in [3.8, 4) is 6.07 Å². The van der Waals surface area contributed by atoms with Gasteiger partial charge < -0.3 is 10.4 Å². The summed E-state index contributed by atoms with van der Waals surface area (Å²) in [7, 11) is 0. The topological polar surface area (TPSA) is 73.1 Å². The van der Waals surface area contributed by atoms with Crippen LogP contribution in [-0.4, -0.2) is 23.7 Å². The number of hydrogen-bond acceptors (Lipinski definition) is 3.